The van der Waals surface area contributed by atoms with Crippen LogP contribution in [0.25, 0.3) is 11.5 Å². The van der Waals surface area contributed by atoms with Crippen LogP contribution in [0.5, 0.6) is 0 Å². The summed E-state index contributed by atoms with van der Waals surface area (Å²) < 4.78 is 5.22. The van der Waals surface area contributed by atoms with Crippen molar-refractivity contribution >= 4 is 11.7 Å². The first-order valence-electron chi connectivity index (χ1n) is 7.84. The Bertz CT molecular complexity index is 648. The van der Waals surface area contributed by atoms with Gasteiger partial charge in [0, 0.05) is 17.3 Å². The molecule has 122 valence electrons. The lowest BCUT2D eigenvalue weighted by Gasteiger charge is -2.38. The first-order chi connectivity index (χ1) is 11.0. The normalized spacial score (nSPS) is 17.1. The van der Waals surface area contributed by atoms with Gasteiger partial charge in [0.25, 0.3) is 0 Å². The summed E-state index contributed by atoms with van der Waals surface area (Å²) in [5.41, 5.74) is 0.943. The molecule has 1 aromatic heterocycles. The largest absolute Gasteiger partial charge is 0.445 e. The lowest BCUT2D eigenvalue weighted by Crippen LogP contribution is -2.45. The zero-order valence-corrected chi connectivity index (χ0v) is 13.1. The molecule has 23 heavy (non-hydrogen) atoms. The Balaban J connectivity index is 1.51. The van der Waals surface area contributed by atoms with Gasteiger partial charge in [0.05, 0.1) is 11.8 Å². The Kier molecular flexibility index (Phi) is 4.34. The van der Waals surface area contributed by atoms with Crippen LogP contribution in [0, 0.1) is 0 Å². The number of aromatic nitrogens is 1. The van der Waals surface area contributed by atoms with Gasteiger partial charge in [-0.05, 0) is 56.9 Å². The van der Waals surface area contributed by atoms with E-state index in [2.05, 4.69) is 15.6 Å². The van der Waals surface area contributed by atoms with Crippen LogP contribution in [0.3, 0.4) is 0 Å². The Hall–Kier alpha value is -2.34. The van der Waals surface area contributed by atoms with Crippen LogP contribution in [0.1, 0.15) is 32.6 Å². The van der Waals surface area contributed by atoms with Crippen molar-refractivity contribution in [3.05, 3.63) is 36.7 Å². The number of amides is 2. The molecule has 1 unspecified atom stereocenters. The van der Waals surface area contributed by atoms with E-state index < -0.39 is 5.60 Å². The highest BCUT2D eigenvalue weighted by Gasteiger charge is 2.35. The molecule has 3 N–H and O–H groups in total. The van der Waals surface area contributed by atoms with E-state index in [1.165, 1.54) is 6.26 Å². The maximum atomic E-state index is 12.0. The van der Waals surface area contributed by atoms with Gasteiger partial charge in [-0.15, -0.1) is 0 Å². The SMILES string of the molecule is CC(CC1(O)CCC1)NC(=O)Nc1ccc(-c2ncco2)cc1. The number of aliphatic hydroxyl groups is 1. The molecule has 2 amide bonds. The molecule has 1 fully saturated rings. The van der Waals surface area contributed by atoms with E-state index in [0.29, 0.717) is 18.0 Å². The molecule has 1 heterocycles. The zero-order valence-electron chi connectivity index (χ0n) is 13.1. The van der Waals surface area contributed by atoms with Gasteiger partial charge in [-0.2, -0.15) is 0 Å². The Morgan fingerprint density at radius 1 is 1.39 bits per heavy atom. The van der Waals surface area contributed by atoms with Gasteiger partial charge in [0.15, 0.2) is 0 Å². The van der Waals surface area contributed by atoms with Gasteiger partial charge in [0.2, 0.25) is 5.89 Å². The number of oxazole rings is 1. The summed E-state index contributed by atoms with van der Waals surface area (Å²) in [5, 5.41) is 15.8. The van der Waals surface area contributed by atoms with E-state index >= 15 is 0 Å². The third-order valence-electron chi connectivity index (χ3n) is 4.17. The van der Waals surface area contributed by atoms with Gasteiger partial charge in [-0.3, -0.25) is 0 Å². The molecule has 1 saturated carbocycles. The van der Waals surface area contributed by atoms with Crippen molar-refractivity contribution in [2.24, 2.45) is 0 Å². The quantitative estimate of drug-likeness (QED) is 0.791. The van der Waals surface area contributed by atoms with Gasteiger partial charge >= 0.3 is 6.03 Å². The lowest BCUT2D eigenvalue weighted by atomic mass is 9.76. The fraction of sp³-hybridized carbons (Fsp3) is 0.412. The van der Waals surface area contributed by atoms with E-state index in [4.69, 9.17) is 4.42 Å². The minimum Gasteiger partial charge on any atom is -0.445 e. The van der Waals surface area contributed by atoms with E-state index in [9.17, 15) is 9.90 Å². The second-order valence-corrected chi connectivity index (χ2v) is 6.20. The van der Waals surface area contributed by atoms with Crippen molar-refractivity contribution in [3.8, 4) is 11.5 Å². The molecule has 0 spiro atoms. The van der Waals surface area contributed by atoms with Crippen LogP contribution in [0.2, 0.25) is 0 Å². The molecule has 3 rings (SSSR count). The maximum absolute atomic E-state index is 12.0. The Morgan fingerprint density at radius 3 is 2.70 bits per heavy atom. The molecule has 1 atom stereocenters. The van der Waals surface area contributed by atoms with Crippen molar-refractivity contribution in [2.45, 2.75) is 44.2 Å². The summed E-state index contributed by atoms with van der Waals surface area (Å²) in [6.07, 6.45) is 6.40. The van der Waals surface area contributed by atoms with Crippen LogP contribution < -0.4 is 10.6 Å². The maximum Gasteiger partial charge on any atom is 0.319 e. The van der Waals surface area contributed by atoms with Crippen LogP contribution in [0.15, 0.2) is 41.1 Å². The topological polar surface area (TPSA) is 87.4 Å². The average molecular weight is 315 g/mol. The molecule has 1 aliphatic carbocycles. The molecule has 0 radical (unpaired) electrons. The highest BCUT2D eigenvalue weighted by atomic mass is 16.3. The molecule has 1 aliphatic rings. The summed E-state index contributed by atoms with van der Waals surface area (Å²) in [4.78, 5) is 16.1. The molecular formula is C17H21N3O3. The number of rotatable bonds is 5. The summed E-state index contributed by atoms with van der Waals surface area (Å²) >= 11 is 0. The number of hydrogen-bond donors (Lipinski definition) is 3. The molecule has 6 nitrogen and oxygen atoms in total. The molecule has 2 aromatic rings. The van der Waals surface area contributed by atoms with Crippen molar-refractivity contribution in [1.82, 2.24) is 10.3 Å². The van der Waals surface area contributed by atoms with Gasteiger partial charge in [-0.25, -0.2) is 9.78 Å². The highest BCUT2D eigenvalue weighted by molar-refractivity contribution is 5.89. The summed E-state index contributed by atoms with van der Waals surface area (Å²) in [5.74, 6) is 0.545. The number of anilines is 1. The fourth-order valence-electron chi connectivity index (χ4n) is 2.86. The van der Waals surface area contributed by atoms with Crippen molar-refractivity contribution in [2.75, 3.05) is 5.32 Å². The predicted octanol–water partition coefficient (Wildman–Crippen LogP) is 3.16. The second kappa shape index (κ2) is 6.42. The Morgan fingerprint density at radius 2 is 2.13 bits per heavy atom. The van der Waals surface area contributed by atoms with Gasteiger partial charge < -0.3 is 20.2 Å². The number of benzene rings is 1. The molecule has 0 bridgehead atoms. The minimum atomic E-state index is -0.593. The number of nitrogens with one attached hydrogen (secondary N) is 2. The molecule has 6 heteroatoms. The van der Waals surface area contributed by atoms with Gasteiger partial charge in [0.1, 0.15) is 6.26 Å². The van der Waals surface area contributed by atoms with Crippen LogP contribution >= 0.6 is 0 Å². The average Bonchev–Trinajstić information content (AvgIpc) is 3.00. The van der Waals surface area contributed by atoms with E-state index in [1.54, 1.807) is 18.3 Å². The van der Waals surface area contributed by atoms with Crippen LogP contribution in [-0.2, 0) is 0 Å². The third-order valence-corrected chi connectivity index (χ3v) is 4.17. The van der Waals surface area contributed by atoms with Crippen LogP contribution in [0.4, 0.5) is 10.5 Å². The van der Waals surface area contributed by atoms with Crippen molar-refractivity contribution in [1.29, 1.82) is 0 Å². The molecule has 0 aliphatic heterocycles. The van der Waals surface area contributed by atoms with Crippen molar-refractivity contribution in [3.63, 3.8) is 0 Å². The number of nitrogens with zero attached hydrogens (tertiary/aromatic N) is 1. The minimum absolute atomic E-state index is 0.0770. The fourth-order valence-corrected chi connectivity index (χ4v) is 2.86. The first-order valence-corrected chi connectivity index (χ1v) is 7.84. The Labute approximate surface area is 134 Å². The van der Waals surface area contributed by atoms with E-state index in [-0.39, 0.29) is 12.1 Å². The zero-order chi connectivity index (χ0) is 16.3. The van der Waals surface area contributed by atoms with Gasteiger partial charge in [-0.1, -0.05) is 0 Å². The number of urea groups is 1. The number of carbonyl (C=O) groups is 1. The summed E-state index contributed by atoms with van der Waals surface area (Å²) in [6, 6.07) is 6.91. The second-order valence-electron chi connectivity index (χ2n) is 6.20. The molecule has 0 saturated heterocycles. The smallest absolute Gasteiger partial charge is 0.319 e. The first kappa shape index (κ1) is 15.6. The number of carbonyl (C=O) groups excluding carboxylic acids is 1. The van der Waals surface area contributed by atoms with Crippen LogP contribution in [-0.4, -0.2) is 27.8 Å². The monoisotopic (exact) mass is 315 g/mol. The summed E-state index contributed by atoms with van der Waals surface area (Å²) in [6.45, 7) is 1.90. The molecular weight excluding hydrogens is 294 g/mol. The number of hydrogen-bond acceptors (Lipinski definition) is 4. The lowest BCUT2D eigenvalue weighted by molar-refractivity contribution is -0.0453. The molecule has 1 aromatic carbocycles. The summed E-state index contributed by atoms with van der Waals surface area (Å²) in [7, 11) is 0. The predicted molar refractivity (Wildman–Crippen MR) is 87.0 cm³/mol. The third kappa shape index (κ3) is 3.90. The van der Waals surface area contributed by atoms with Crippen molar-refractivity contribution < 1.29 is 14.3 Å². The standard InChI is InChI=1S/C17H21N3O3/c1-12(11-17(22)7-2-8-17)19-16(21)20-14-5-3-13(4-6-14)15-18-9-10-23-15/h3-6,9-10,12,22H,2,7-8,11H2,1H3,(H2,19,20,21). The van der Waals surface area contributed by atoms with E-state index in [1.807, 2.05) is 19.1 Å². The van der Waals surface area contributed by atoms with E-state index in [0.717, 1.165) is 24.8 Å². The highest BCUT2D eigenvalue weighted by Crippen LogP contribution is 2.35.